The van der Waals surface area contributed by atoms with Crippen molar-refractivity contribution in [3.63, 3.8) is 0 Å². The van der Waals surface area contributed by atoms with E-state index in [9.17, 15) is 4.79 Å². The first-order chi connectivity index (χ1) is 14.5. The number of benzene rings is 3. The summed E-state index contributed by atoms with van der Waals surface area (Å²) in [5.74, 6) is 1.32. The van der Waals surface area contributed by atoms with Gasteiger partial charge in [-0.15, -0.1) is 0 Å². The number of hydrogen-bond donors (Lipinski definition) is 0. The van der Waals surface area contributed by atoms with E-state index < -0.39 is 5.63 Å². The maximum atomic E-state index is 12.7. The Labute approximate surface area is 183 Å². The van der Waals surface area contributed by atoms with E-state index in [1.165, 1.54) is 0 Å². The van der Waals surface area contributed by atoms with E-state index in [2.05, 4.69) is 0 Å². The Hall–Kier alpha value is -2.95. The van der Waals surface area contributed by atoms with E-state index in [1.54, 1.807) is 25.3 Å². The van der Waals surface area contributed by atoms with Crippen molar-refractivity contribution in [2.24, 2.45) is 0 Å². The molecule has 0 aliphatic heterocycles. The lowest BCUT2D eigenvalue weighted by Gasteiger charge is -2.11. The molecule has 6 heteroatoms. The zero-order valence-electron chi connectivity index (χ0n) is 16.4. The van der Waals surface area contributed by atoms with Crippen LogP contribution < -0.4 is 15.1 Å². The van der Waals surface area contributed by atoms with Crippen molar-refractivity contribution in [2.45, 2.75) is 13.5 Å². The summed E-state index contributed by atoms with van der Waals surface area (Å²) in [6.07, 6.45) is 0. The highest BCUT2D eigenvalue weighted by molar-refractivity contribution is 6.42. The Morgan fingerprint density at radius 3 is 2.33 bits per heavy atom. The summed E-state index contributed by atoms with van der Waals surface area (Å²) in [6.45, 7) is 2.23. The molecule has 0 aliphatic carbocycles. The lowest BCUT2D eigenvalue weighted by Crippen LogP contribution is -2.06. The number of ether oxygens (including phenoxy) is 2. The fourth-order valence-electron chi connectivity index (χ4n) is 3.31. The predicted molar refractivity (Wildman–Crippen MR) is 120 cm³/mol. The molecule has 30 heavy (non-hydrogen) atoms. The Kier molecular flexibility index (Phi) is 5.71. The van der Waals surface area contributed by atoms with Crippen molar-refractivity contribution < 1.29 is 13.9 Å². The molecule has 1 heterocycles. The summed E-state index contributed by atoms with van der Waals surface area (Å²) < 4.78 is 16.6. The van der Waals surface area contributed by atoms with Crippen LogP contribution in [-0.2, 0) is 6.61 Å². The van der Waals surface area contributed by atoms with Crippen LogP contribution >= 0.6 is 23.2 Å². The zero-order chi connectivity index (χ0) is 21.3. The minimum Gasteiger partial charge on any atom is -0.497 e. The summed E-state index contributed by atoms with van der Waals surface area (Å²) in [6, 6.07) is 18.1. The molecule has 0 aliphatic rings. The van der Waals surface area contributed by atoms with Gasteiger partial charge in [-0.2, -0.15) is 0 Å². The molecule has 0 saturated heterocycles. The normalized spacial score (nSPS) is 10.9. The van der Waals surface area contributed by atoms with Crippen LogP contribution in [0.3, 0.4) is 0 Å². The van der Waals surface area contributed by atoms with Crippen molar-refractivity contribution >= 4 is 34.2 Å². The summed E-state index contributed by atoms with van der Waals surface area (Å²) >= 11 is 12.0. The van der Waals surface area contributed by atoms with Gasteiger partial charge in [0.1, 0.15) is 23.7 Å². The molecule has 0 unspecified atom stereocenters. The SMILES string of the molecule is COc1ccc(-c2c(C)c3ccc(OCc4ccc(Cl)c(Cl)c4)cc3oc2=O)cc1. The van der Waals surface area contributed by atoms with E-state index >= 15 is 0 Å². The first-order valence-corrected chi connectivity index (χ1v) is 10.0. The second-order valence-electron chi connectivity index (χ2n) is 6.81. The first-order valence-electron chi connectivity index (χ1n) is 9.25. The molecule has 0 N–H and O–H groups in total. The topological polar surface area (TPSA) is 48.7 Å². The summed E-state index contributed by atoms with van der Waals surface area (Å²) in [5, 5.41) is 1.82. The largest absolute Gasteiger partial charge is 0.497 e. The van der Waals surface area contributed by atoms with Crippen LogP contribution in [-0.4, -0.2) is 7.11 Å². The number of hydrogen-bond acceptors (Lipinski definition) is 4. The Morgan fingerprint density at radius 2 is 1.63 bits per heavy atom. The number of halogens is 2. The second kappa shape index (κ2) is 8.42. The molecule has 3 aromatic carbocycles. The minimum atomic E-state index is -0.396. The first kappa shape index (κ1) is 20.3. The summed E-state index contributed by atoms with van der Waals surface area (Å²) in [7, 11) is 1.60. The van der Waals surface area contributed by atoms with Crippen molar-refractivity contribution in [2.75, 3.05) is 7.11 Å². The van der Waals surface area contributed by atoms with Crippen molar-refractivity contribution in [3.8, 4) is 22.6 Å². The van der Waals surface area contributed by atoms with Crippen molar-refractivity contribution in [1.29, 1.82) is 0 Å². The zero-order valence-corrected chi connectivity index (χ0v) is 17.9. The molecule has 152 valence electrons. The monoisotopic (exact) mass is 440 g/mol. The highest BCUT2D eigenvalue weighted by atomic mass is 35.5. The summed E-state index contributed by atoms with van der Waals surface area (Å²) in [5.41, 5.74) is 3.13. The van der Waals surface area contributed by atoms with E-state index in [4.69, 9.17) is 37.1 Å². The van der Waals surface area contributed by atoms with Gasteiger partial charge in [0.05, 0.1) is 22.7 Å². The molecule has 4 nitrogen and oxygen atoms in total. The van der Waals surface area contributed by atoms with E-state index in [0.717, 1.165) is 27.8 Å². The van der Waals surface area contributed by atoms with Gasteiger partial charge in [0.2, 0.25) is 0 Å². The molecule has 0 fully saturated rings. The average molecular weight is 441 g/mol. The predicted octanol–water partition coefficient (Wildman–Crippen LogP) is 6.66. The molecule has 0 atom stereocenters. The van der Waals surface area contributed by atoms with Gasteiger partial charge >= 0.3 is 5.63 Å². The third kappa shape index (κ3) is 4.02. The molecular formula is C24H18Cl2O4. The number of methoxy groups -OCH3 is 1. The lowest BCUT2D eigenvalue weighted by molar-refractivity contribution is 0.306. The van der Waals surface area contributed by atoms with Crippen LogP contribution in [0.1, 0.15) is 11.1 Å². The van der Waals surface area contributed by atoms with Crippen LogP contribution in [0.25, 0.3) is 22.1 Å². The lowest BCUT2D eigenvalue weighted by atomic mass is 9.99. The fraction of sp³-hybridized carbons (Fsp3) is 0.125. The maximum Gasteiger partial charge on any atom is 0.344 e. The number of aryl methyl sites for hydroxylation is 1. The Balaban J connectivity index is 1.65. The molecule has 0 spiro atoms. The number of fused-ring (bicyclic) bond motifs is 1. The van der Waals surface area contributed by atoms with Gasteiger partial charge in [0, 0.05) is 11.5 Å². The van der Waals surface area contributed by atoms with E-state index in [0.29, 0.717) is 33.5 Å². The molecule has 0 saturated carbocycles. The van der Waals surface area contributed by atoms with Gasteiger partial charge in [-0.3, -0.25) is 0 Å². The summed E-state index contributed by atoms with van der Waals surface area (Å²) in [4.78, 5) is 12.7. The molecule has 1 aromatic heterocycles. The third-order valence-corrected chi connectivity index (χ3v) is 5.65. The molecular weight excluding hydrogens is 423 g/mol. The smallest absolute Gasteiger partial charge is 0.344 e. The standard InChI is InChI=1S/C24H18Cl2O4/c1-14-19-9-8-18(29-13-15-3-10-20(25)21(26)11-15)12-22(19)30-24(27)23(14)16-4-6-17(28-2)7-5-16/h3-12H,13H2,1-2H3. The fourth-order valence-corrected chi connectivity index (χ4v) is 3.63. The van der Waals surface area contributed by atoms with Crippen molar-refractivity contribution in [1.82, 2.24) is 0 Å². The average Bonchev–Trinajstić information content (AvgIpc) is 2.75. The molecule has 4 rings (SSSR count). The highest BCUT2D eigenvalue weighted by Gasteiger charge is 2.14. The molecule has 0 radical (unpaired) electrons. The molecule has 0 bridgehead atoms. The van der Waals surface area contributed by atoms with Gasteiger partial charge in [0.15, 0.2) is 0 Å². The molecule has 4 aromatic rings. The number of rotatable bonds is 5. The van der Waals surface area contributed by atoms with Crippen LogP contribution in [0, 0.1) is 6.92 Å². The van der Waals surface area contributed by atoms with Crippen LogP contribution in [0.2, 0.25) is 10.0 Å². The van der Waals surface area contributed by atoms with Gasteiger partial charge in [-0.1, -0.05) is 41.4 Å². The third-order valence-electron chi connectivity index (χ3n) is 4.91. The quantitative estimate of drug-likeness (QED) is 0.325. The van der Waals surface area contributed by atoms with Gasteiger partial charge < -0.3 is 13.9 Å². The Bertz CT molecular complexity index is 1280. The van der Waals surface area contributed by atoms with Crippen LogP contribution in [0.4, 0.5) is 0 Å². The molecule has 0 amide bonds. The van der Waals surface area contributed by atoms with Gasteiger partial charge in [-0.25, -0.2) is 4.79 Å². The van der Waals surface area contributed by atoms with Crippen molar-refractivity contribution in [3.05, 3.63) is 92.3 Å². The highest BCUT2D eigenvalue weighted by Crippen LogP contribution is 2.30. The van der Waals surface area contributed by atoms with Gasteiger partial charge in [-0.05, 0) is 60.0 Å². The van der Waals surface area contributed by atoms with E-state index in [1.807, 2.05) is 49.4 Å². The van der Waals surface area contributed by atoms with E-state index in [-0.39, 0.29) is 0 Å². The minimum absolute atomic E-state index is 0.315. The Morgan fingerprint density at radius 1 is 0.900 bits per heavy atom. The maximum absolute atomic E-state index is 12.7. The second-order valence-corrected chi connectivity index (χ2v) is 7.63. The van der Waals surface area contributed by atoms with Gasteiger partial charge in [0.25, 0.3) is 0 Å². The van der Waals surface area contributed by atoms with Crippen LogP contribution in [0.5, 0.6) is 11.5 Å². The van der Waals surface area contributed by atoms with Crippen LogP contribution in [0.15, 0.2) is 69.9 Å².